The van der Waals surface area contributed by atoms with Gasteiger partial charge in [-0.1, -0.05) is 126 Å². The summed E-state index contributed by atoms with van der Waals surface area (Å²) in [5.41, 5.74) is 9.39. The smallest absolute Gasteiger partial charge is 0.0921 e. The molecule has 5 aromatic rings. The minimum atomic E-state index is -0.500. The van der Waals surface area contributed by atoms with Gasteiger partial charge in [-0.15, -0.1) is 0 Å². The quantitative estimate of drug-likeness (QED) is 0.256. The molecule has 34 heavy (non-hydrogen) atoms. The fourth-order valence-electron chi connectivity index (χ4n) is 5.93. The Morgan fingerprint density at radius 1 is 0.471 bits per heavy atom. The summed E-state index contributed by atoms with van der Waals surface area (Å²) >= 11 is 0. The number of azo groups is 2. The van der Waals surface area contributed by atoms with Crippen molar-refractivity contribution in [3.8, 4) is 11.1 Å². The number of benzene rings is 5. The Balaban J connectivity index is 1.61. The molecule has 1 spiro atoms. The highest BCUT2D eigenvalue weighted by atomic mass is 15.4. The summed E-state index contributed by atoms with van der Waals surface area (Å²) in [5, 5.41) is 5.37. The summed E-state index contributed by atoms with van der Waals surface area (Å²) in [7, 11) is 0. The molecule has 2 heteroatoms. The molecule has 160 valence electrons. The highest BCUT2D eigenvalue weighted by molar-refractivity contribution is 5.83. The number of hydrogen-bond acceptors (Lipinski definition) is 1. The summed E-state index contributed by atoms with van der Waals surface area (Å²) in [6, 6.07) is 47.8. The molecule has 0 N–H and O–H groups in total. The van der Waals surface area contributed by atoms with Crippen molar-refractivity contribution in [3.63, 3.8) is 0 Å². The third-order valence-electron chi connectivity index (χ3n) is 7.25. The van der Waals surface area contributed by atoms with E-state index in [9.17, 15) is 0 Å². The van der Waals surface area contributed by atoms with E-state index in [-0.39, 0.29) is 6.04 Å². The van der Waals surface area contributed by atoms with Crippen LogP contribution in [0.5, 0.6) is 0 Å². The highest BCUT2D eigenvalue weighted by Gasteiger charge is 2.61. The van der Waals surface area contributed by atoms with E-state index in [4.69, 9.17) is 5.11 Å². The molecule has 1 aliphatic heterocycles. The molecular formula is C32H23N2+. The summed E-state index contributed by atoms with van der Waals surface area (Å²) in [4.78, 5) is 0. The third-order valence-corrected chi connectivity index (χ3v) is 7.25. The van der Waals surface area contributed by atoms with Gasteiger partial charge in [-0.05, 0) is 28.4 Å². The standard InChI is InChI=1S/C32H23N2/c1-3-13-23(14-4-1)31(24-15-5-2-6-16-24)34-32(29-21-11-12-22-30(29)33-34)27-19-9-7-17-25(27)26-18-8-10-20-28(26)32/h1-22,31H/q+1. The molecule has 0 atom stereocenters. The topological polar surface area (TPSA) is 15.4 Å². The lowest BCUT2D eigenvalue weighted by Crippen LogP contribution is -2.39. The fraction of sp³-hybridized carbons (Fsp3) is 0.0625. The Morgan fingerprint density at radius 3 is 1.47 bits per heavy atom. The van der Waals surface area contributed by atoms with Crippen LogP contribution in [0.4, 0.5) is 5.69 Å². The van der Waals surface area contributed by atoms with Crippen molar-refractivity contribution in [1.82, 2.24) is 0 Å². The van der Waals surface area contributed by atoms with Crippen molar-refractivity contribution in [2.45, 2.75) is 11.6 Å². The first-order valence-electron chi connectivity index (χ1n) is 11.8. The molecule has 0 unspecified atom stereocenters. The average molecular weight is 436 g/mol. The average Bonchev–Trinajstić information content (AvgIpc) is 3.40. The van der Waals surface area contributed by atoms with E-state index in [1.165, 1.54) is 38.9 Å². The zero-order chi connectivity index (χ0) is 22.5. The molecule has 2 aliphatic rings. The van der Waals surface area contributed by atoms with Crippen LogP contribution in [0.1, 0.15) is 33.9 Å². The second-order valence-corrected chi connectivity index (χ2v) is 8.99. The van der Waals surface area contributed by atoms with E-state index >= 15 is 0 Å². The van der Waals surface area contributed by atoms with E-state index in [0.29, 0.717) is 0 Å². The molecule has 2 nitrogen and oxygen atoms in total. The van der Waals surface area contributed by atoms with E-state index in [1.54, 1.807) is 0 Å². The number of nitrogens with zero attached hydrogens (tertiary/aromatic N) is 2. The molecule has 0 amide bonds. The second-order valence-electron chi connectivity index (χ2n) is 8.99. The maximum atomic E-state index is 5.37. The van der Waals surface area contributed by atoms with Crippen LogP contribution in [-0.2, 0) is 5.54 Å². The Bertz CT molecular complexity index is 1470. The lowest BCUT2D eigenvalue weighted by atomic mass is 9.79. The minimum absolute atomic E-state index is 0.0472. The van der Waals surface area contributed by atoms with Gasteiger partial charge >= 0.3 is 0 Å². The predicted octanol–water partition coefficient (Wildman–Crippen LogP) is 7.86. The van der Waals surface area contributed by atoms with Crippen molar-refractivity contribution in [2.75, 3.05) is 0 Å². The Kier molecular flexibility index (Phi) is 4.16. The van der Waals surface area contributed by atoms with Crippen molar-refractivity contribution in [1.29, 1.82) is 0 Å². The van der Waals surface area contributed by atoms with Crippen molar-refractivity contribution in [2.24, 2.45) is 5.11 Å². The maximum absolute atomic E-state index is 5.37. The van der Waals surface area contributed by atoms with Crippen LogP contribution in [0.2, 0.25) is 0 Å². The Labute approximate surface area is 199 Å². The molecule has 0 aromatic heterocycles. The summed E-state index contributed by atoms with van der Waals surface area (Å²) in [5.74, 6) is 0. The highest BCUT2D eigenvalue weighted by Crippen LogP contribution is 2.59. The third kappa shape index (κ3) is 2.51. The van der Waals surface area contributed by atoms with Gasteiger partial charge < -0.3 is 0 Å². The number of rotatable bonds is 3. The fourth-order valence-corrected chi connectivity index (χ4v) is 5.93. The Morgan fingerprint density at radius 2 is 0.912 bits per heavy atom. The molecule has 5 aromatic carbocycles. The molecule has 0 radical (unpaired) electrons. The van der Waals surface area contributed by atoms with Gasteiger partial charge in [0.1, 0.15) is 5.69 Å². The van der Waals surface area contributed by atoms with Gasteiger partial charge in [-0.2, -0.15) is 0 Å². The van der Waals surface area contributed by atoms with Gasteiger partial charge in [-0.25, -0.2) is 0 Å². The summed E-state index contributed by atoms with van der Waals surface area (Å²) in [6.45, 7) is 0. The van der Waals surface area contributed by atoms with Crippen LogP contribution in [0.3, 0.4) is 0 Å². The zero-order valence-corrected chi connectivity index (χ0v) is 18.7. The molecule has 7 rings (SSSR count). The molecule has 1 heterocycles. The van der Waals surface area contributed by atoms with Crippen LogP contribution < -0.4 is 0 Å². The van der Waals surface area contributed by atoms with Gasteiger partial charge in [0.2, 0.25) is 6.04 Å². The SMILES string of the molecule is c1ccc(C(c2ccccc2)[N+]2=Nc3ccccc3C23c2ccccc2-c2ccccc23)cc1. The van der Waals surface area contributed by atoms with Gasteiger partial charge in [0.15, 0.2) is 0 Å². The number of hydrogen-bond donors (Lipinski definition) is 0. The zero-order valence-electron chi connectivity index (χ0n) is 18.7. The largest absolute Gasteiger partial charge is 0.268 e. The summed E-state index contributed by atoms with van der Waals surface area (Å²) in [6.07, 6.45) is 0. The first kappa shape index (κ1) is 19.2. The normalized spacial score (nSPS) is 14.6. The van der Waals surface area contributed by atoms with E-state index in [1.807, 2.05) is 0 Å². The van der Waals surface area contributed by atoms with Gasteiger partial charge in [0, 0.05) is 22.3 Å². The first-order valence-corrected chi connectivity index (χ1v) is 11.8. The van der Waals surface area contributed by atoms with Gasteiger partial charge in [0.25, 0.3) is 5.54 Å². The molecular weight excluding hydrogens is 412 g/mol. The number of fused-ring (bicyclic) bond motifs is 7. The van der Waals surface area contributed by atoms with E-state index in [2.05, 4.69) is 138 Å². The molecule has 0 bridgehead atoms. The van der Waals surface area contributed by atoms with Crippen molar-refractivity contribution < 1.29 is 4.70 Å². The van der Waals surface area contributed by atoms with Crippen molar-refractivity contribution >= 4 is 5.69 Å². The minimum Gasteiger partial charge on any atom is -0.0921 e. The van der Waals surface area contributed by atoms with Crippen LogP contribution in [0.25, 0.3) is 11.1 Å². The Hall–Kier alpha value is -4.30. The second kappa shape index (κ2) is 7.36. The lowest BCUT2D eigenvalue weighted by Gasteiger charge is -2.28. The molecule has 1 aliphatic carbocycles. The monoisotopic (exact) mass is 435 g/mol. The van der Waals surface area contributed by atoms with Crippen molar-refractivity contribution in [3.05, 3.63) is 161 Å². The van der Waals surface area contributed by atoms with Crippen LogP contribution in [-0.4, -0.2) is 4.70 Å². The lowest BCUT2D eigenvalue weighted by molar-refractivity contribution is -0.673. The molecule has 0 saturated carbocycles. The molecule has 0 fully saturated rings. The molecule has 0 saturated heterocycles. The van der Waals surface area contributed by atoms with Crippen LogP contribution in [0.15, 0.2) is 139 Å². The van der Waals surface area contributed by atoms with E-state index < -0.39 is 5.54 Å². The van der Waals surface area contributed by atoms with E-state index in [0.717, 1.165) is 5.69 Å². The first-order chi connectivity index (χ1) is 16.9. The summed E-state index contributed by atoms with van der Waals surface area (Å²) < 4.78 is 2.37. The van der Waals surface area contributed by atoms with Crippen LogP contribution >= 0.6 is 0 Å². The maximum Gasteiger partial charge on any atom is 0.268 e. The van der Waals surface area contributed by atoms with Gasteiger partial charge in [-0.3, -0.25) is 0 Å². The predicted molar refractivity (Wildman–Crippen MR) is 135 cm³/mol. The van der Waals surface area contributed by atoms with Crippen LogP contribution in [0, 0.1) is 0 Å². The van der Waals surface area contributed by atoms with Gasteiger partial charge in [0.05, 0.1) is 5.56 Å².